The molecule has 0 fully saturated rings. The Labute approximate surface area is 171 Å². The van der Waals surface area contributed by atoms with Gasteiger partial charge in [-0.2, -0.15) is 0 Å². The quantitative estimate of drug-likeness (QED) is 0.452. The Bertz CT molecular complexity index is 1140. The minimum atomic E-state index is -0.576. The summed E-state index contributed by atoms with van der Waals surface area (Å²) in [6.45, 7) is 0. The summed E-state index contributed by atoms with van der Waals surface area (Å²) in [7, 11) is 1.38. The molecule has 0 aliphatic carbocycles. The average Bonchev–Trinajstić information content (AvgIpc) is 3.25. The summed E-state index contributed by atoms with van der Waals surface area (Å²) in [4.78, 5) is 17.0. The number of nitrogens with one attached hydrogen (secondary N) is 1. The van der Waals surface area contributed by atoms with E-state index in [0.29, 0.717) is 5.69 Å². The number of carbonyl (C=O) groups is 1. The lowest BCUT2D eigenvalue weighted by atomic mass is 10.1. The molecule has 0 radical (unpaired) electrons. The summed E-state index contributed by atoms with van der Waals surface area (Å²) >= 11 is 1.59. The Hall–Kier alpha value is -3.51. The van der Waals surface area contributed by atoms with Gasteiger partial charge in [-0.05, 0) is 30.3 Å². The van der Waals surface area contributed by atoms with E-state index in [0.717, 1.165) is 27.9 Å². The zero-order chi connectivity index (χ0) is 20.2. The van der Waals surface area contributed by atoms with Crippen LogP contribution < -0.4 is 10.1 Å². The van der Waals surface area contributed by atoms with Gasteiger partial charge in [0, 0.05) is 27.8 Å². The van der Waals surface area contributed by atoms with Gasteiger partial charge < -0.3 is 10.1 Å². The fourth-order valence-corrected chi connectivity index (χ4v) is 3.69. The largest absolute Gasteiger partial charge is 0.494 e. The maximum Gasteiger partial charge on any atom is 0.255 e. The minimum absolute atomic E-state index is 0.101. The normalized spacial score (nSPS) is 10.6. The maximum atomic E-state index is 13.8. The molecule has 1 aromatic heterocycles. The van der Waals surface area contributed by atoms with E-state index in [-0.39, 0.29) is 17.2 Å². The van der Waals surface area contributed by atoms with Gasteiger partial charge in [-0.3, -0.25) is 4.79 Å². The molecular weight excluding hydrogens is 387 g/mol. The molecule has 0 aliphatic rings. The summed E-state index contributed by atoms with van der Waals surface area (Å²) < 4.78 is 18.7. The van der Waals surface area contributed by atoms with Crippen molar-refractivity contribution in [1.82, 2.24) is 4.98 Å². The highest BCUT2D eigenvalue weighted by molar-refractivity contribution is 7.13. The Morgan fingerprint density at radius 3 is 2.45 bits per heavy atom. The number of halogens is 1. The van der Waals surface area contributed by atoms with E-state index < -0.39 is 5.82 Å². The molecule has 1 N–H and O–H groups in total. The lowest BCUT2D eigenvalue weighted by Gasteiger charge is -2.07. The van der Waals surface area contributed by atoms with Crippen molar-refractivity contribution in [3.63, 3.8) is 0 Å². The first-order valence-electron chi connectivity index (χ1n) is 8.90. The third-order valence-electron chi connectivity index (χ3n) is 4.38. The molecule has 1 heterocycles. The fourth-order valence-electron chi connectivity index (χ4n) is 2.85. The fraction of sp³-hybridized carbons (Fsp3) is 0.0435. The smallest absolute Gasteiger partial charge is 0.255 e. The Kier molecular flexibility index (Phi) is 5.35. The van der Waals surface area contributed by atoms with E-state index in [2.05, 4.69) is 5.32 Å². The molecule has 0 unspecified atom stereocenters. The highest BCUT2D eigenvalue weighted by Gasteiger charge is 2.11. The third-order valence-corrected chi connectivity index (χ3v) is 5.27. The van der Waals surface area contributed by atoms with Crippen molar-refractivity contribution >= 4 is 22.9 Å². The van der Waals surface area contributed by atoms with E-state index in [4.69, 9.17) is 9.72 Å². The molecule has 29 heavy (non-hydrogen) atoms. The van der Waals surface area contributed by atoms with Gasteiger partial charge in [0.15, 0.2) is 11.6 Å². The number of aromatic nitrogens is 1. The van der Waals surface area contributed by atoms with Crippen molar-refractivity contribution in [2.75, 3.05) is 12.4 Å². The number of hydrogen-bond donors (Lipinski definition) is 1. The number of rotatable bonds is 5. The first kappa shape index (κ1) is 18.8. The first-order chi connectivity index (χ1) is 14.1. The zero-order valence-electron chi connectivity index (χ0n) is 15.6. The van der Waals surface area contributed by atoms with Crippen molar-refractivity contribution < 1.29 is 13.9 Å². The van der Waals surface area contributed by atoms with E-state index in [1.54, 1.807) is 23.5 Å². The molecular formula is C23H17FN2O2S. The minimum Gasteiger partial charge on any atom is -0.494 e. The van der Waals surface area contributed by atoms with Gasteiger partial charge in [-0.25, -0.2) is 9.37 Å². The molecule has 0 aliphatic heterocycles. The highest BCUT2D eigenvalue weighted by Crippen LogP contribution is 2.29. The van der Waals surface area contributed by atoms with Crippen LogP contribution in [0.5, 0.6) is 5.75 Å². The van der Waals surface area contributed by atoms with Gasteiger partial charge in [0.05, 0.1) is 12.8 Å². The number of ether oxygens (including phenoxy) is 1. The van der Waals surface area contributed by atoms with E-state index in [1.807, 2.05) is 47.8 Å². The molecule has 0 atom stereocenters. The number of anilines is 1. The summed E-state index contributed by atoms with van der Waals surface area (Å²) in [5.41, 5.74) is 3.76. The molecule has 0 spiro atoms. The van der Waals surface area contributed by atoms with Crippen LogP contribution in [0, 0.1) is 5.82 Å². The van der Waals surface area contributed by atoms with Gasteiger partial charge in [-0.1, -0.05) is 42.5 Å². The average molecular weight is 404 g/mol. The van der Waals surface area contributed by atoms with Crippen molar-refractivity contribution in [3.05, 3.63) is 89.6 Å². The highest BCUT2D eigenvalue weighted by atomic mass is 32.1. The third kappa shape index (κ3) is 4.17. The van der Waals surface area contributed by atoms with Crippen molar-refractivity contribution in [2.24, 2.45) is 0 Å². The topological polar surface area (TPSA) is 51.2 Å². The van der Waals surface area contributed by atoms with E-state index in [9.17, 15) is 9.18 Å². The first-order valence-corrected chi connectivity index (χ1v) is 9.78. The second-order valence-corrected chi connectivity index (χ2v) is 7.14. The van der Waals surface area contributed by atoms with Gasteiger partial charge >= 0.3 is 0 Å². The number of thiazole rings is 1. The second kappa shape index (κ2) is 8.24. The monoisotopic (exact) mass is 404 g/mol. The van der Waals surface area contributed by atoms with E-state index >= 15 is 0 Å². The number of nitrogens with zero attached hydrogens (tertiary/aromatic N) is 1. The molecule has 3 aromatic carbocycles. The van der Waals surface area contributed by atoms with Gasteiger partial charge in [0.2, 0.25) is 0 Å². The summed E-state index contributed by atoms with van der Waals surface area (Å²) in [5, 5.41) is 5.74. The van der Waals surface area contributed by atoms with E-state index in [1.165, 1.54) is 19.2 Å². The SMILES string of the molecule is COc1ccc(C(=O)Nc2ccc(-c3csc(-c4ccccc4)n3)cc2)cc1F. The summed E-state index contributed by atoms with van der Waals surface area (Å²) in [6.07, 6.45) is 0. The Morgan fingerprint density at radius 1 is 1.00 bits per heavy atom. The molecule has 0 saturated heterocycles. The Morgan fingerprint density at radius 2 is 1.76 bits per heavy atom. The maximum absolute atomic E-state index is 13.8. The van der Waals surface area contributed by atoms with Crippen LogP contribution in [-0.2, 0) is 0 Å². The summed E-state index contributed by atoms with van der Waals surface area (Å²) in [6, 6.07) is 21.5. The predicted molar refractivity (Wildman–Crippen MR) is 114 cm³/mol. The van der Waals surface area contributed by atoms with Crippen LogP contribution >= 0.6 is 11.3 Å². The molecule has 0 saturated carbocycles. The van der Waals surface area contributed by atoms with Crippen LogP contribution in [0.2, 0.25) is 0 Å². The van der Waals surface area contributed by atoms with Gasteiger partial charge in [0.25, 0.3) is 5.91 Å². The number of methoxy groups -OCH3 is 1. The number of hydrogen-bond acceptors (Lipinski definition) is 4. The van der Waals surface area contributed by atoms with Crippen molar-refractivity contribution in [2.45, 2.75) is 0 Å². The molecule has 144 valence electrons. The molecule has 4 aromatic rings. The molecule has 0 bridgehead atoms. The van der Waals surface area contributed by atoms with Crippen LogP contribution in [0.3, 0.4) is 0 Å². The van der Waals surface area contributed by atoms with Crippen LogP contribution in [-0.4, -0.2) is 18.0 Å². The molecule has 1 amide bonds. The zero-order valence-corrected chi connectivity index (χ0v) is 16.4. The van der Waals surface area contributed by atoms with Crippen LogP contribution in [0.15, 0.2) is 78.2 Å². The van der Waals surface area contributed by atoms with Crippen molar-refractivity contribution in [3.8, 4) is 27.6 Å². The lowest BCUT2D eigenvalue weighted by Crippen LogP contribution is -2.12. The molecule has 4 nitrogen and oxygen atoms in total. The van der Waals surface area contributed by atoms with Crippen LogP contribution in [0.1, 0.15) is 10.4 Å². The standard InChI is InChI=1S/C23H17FN2O2S/c1-28-21-12-9-17(13-19(21)24)22(27)25-18-10-7-15(8-11-18)20-14-29-23(26-20)16-5-3-2-4-6-16/h2-14H,1H3,(H,25,27). The number of carbonyl (C=O) groups excluding carboxylic acids is 1. The van der Waals surface area contributed by atoms with Gasteiger partial charge in [-0.15, -0.1) is 11.3 Å². The Balaban J connectivity index is 1.48. The van der Waals surface area contributed by atoms with Crippen LogP contribution in [0.25, 0.3) is 21.8 Å². The van der Waals surface area contributed by atoms with Crippen molar-refractivity contribution in [1.29, 1.82) is 0 Å². The molecule has 6 heteroatoms. The number of benzene rings is 3. The lowest BCUT2D eigenvalue weighted by molar-refractivity contribution is 0.102. The predicted octanol–water partition coefficient (Wildman–Crippen LogP) is 5.88. The summed E-state index contributed by atoms with van der Waals surface area (Å²) in [5.74, 6) is -0.864. The van der Waals surface area contributed by atoms with Gasteiger partial charge in [0.1, 0.15) is 5.01 Å². The van der Waals surface area contributed by atoms with Crippen LogP contribution in [0.4, 0.5) is 10.1 Å². The second-order valence-electron chi connectivity index (χ2n) is 6.28. The number of amides is 1. The molecule has 4 rings (SSSR count).